The van der Waals surface area contributed by atoms with Gasteiger partial charge in [-0.05, 0) is 54.1 Å². The van der Waals surface area contributed by atoms with Crippen LogP contribution in [0.3, 0.4) is 0 Å². The van der Waals surface area contributed by atoms with Crippen LogP contribution in [-0.4, -0.2) is 42.5 Å². The number of nitrogens with one attached hydrogen (secondary N) is 1. The molecule has 8 heteroatoms. The highest BCUT2D eigenvalue weighted by Crippen LogP contribution is 2.46. The largest absolute Gasteiger partial charge is 0.504 e. The number of rotatable bonds is 6. The quantitative estimate of drug-likeness (QED) is 0.441. The van der Waals surface area contributed by atoms with Gasteiger partial charge in [0.2, 0.25) is 0 Å². The molecule has 2 N–H and O–H groups in total. The molecule has 172 valence electrons. The van der Waals surface area contributed by atoms with Crippen molar-refractivity contribution in [3.63, 3.8) is 0 Å². The molecule has 8 nitrogen and oxygen atoms in total. The number of phenolic OH excluding ortho intramolecular Hbond substituents is 1. The highest BCUT2D eigenvalue weighted by atomic mass is 16.5. The van der Waals surface area contributed by atoms with Gasteiger partial charge in [0.1, 0.15) is 17.2 Å². The lowest BCUT2D eigenvalue weighted by atomic mass is 9.95. The van der Waals surface area contributed by atoms with Crippen molar-refractivity contribution in [1.82, 2.24) is 10.2 Å². The standard InChI is InChI=1S/C26H23N3O5/c1-32-18-10-8-17(9-11-18)29-25(16-7-12-20(30)21(14-16)34-3)22-23(27-28-24(22)26(29)31)15-5-4-6-19(13-15)33-2/h4-14,25,30H,1-3H3,(H,27,28)/t25-/m0/s1. The molecule has 0 fully saturated rings. The van der Waals surface area contributed by atoms with Crippen molar-refractivity contribution in [2.24, 2.45) is 0 Å². The number of benzene rings is 3. The van der Waals surface area contributed by atoms with E-state index in [1.807, 2.05) is 48.5 Å². The number of ether oxygens (including phenoxy) is 3. The molecule has 1 aliphatic rings. The van der Waals surface area contributed by atoms with E-state index in [0.717, 1.165) is 16.7 Å². The first-order chi connectivity index (χ1) is 16.5. The molecule has 5 rings (SSSR count). The SMILES string of the molecule is COc1ccc(N2C(=O)c3[nH]nc(-c4cccc(OC)c4)c3[C@@H]2c2ccc(O)c(OC)c2)cc1. The maximum absolute atomic E-state index is 13.6. The Morgan fingerprint density at radius 3 is 2.38 bits per heavy atom. The molecule has 4 aromatic rings. The summed E-state index contributed by atoms with van der Waals surface area (Å²) in [5.74, 6) is 1.51. The maximum atomic E-state index is 13.6. The van der Waals surface area contributed by atoms with Crippen molar-refractivity contribution in [2.75, 3.05) is 26.2 Å². The van der Waals surface area contributed by atoms with Gasteiger partial charge < -0.3 is 19.3 Å². The third-order valence-electron chi connectivity index (χ3n) is 5.98. The number of carbonyl (C=O) groups excluding carboxylic acids is 1. The fraction of sp³-hybridized carbons (Fsp3) is 0.154. The molecule has 1 aromatic heterocycles. The van der Waals surface area contributed by atoms with Crippen molar-refractivity contribution >= 4 is 11.6 Å². The van der Waals surface area contributed by atoms with Crippen molar-refractivity contribution in [3.05, 3.63) is 83.6 Å². The summed E-state index contributed by atoms with van der Waals surface area (Å²) >= 11 is 0. The van der Waals surface area contributed by atoms with Gasteiger partial charge in [0.15, 0.2) is 11.5 Å². The van der Waals surface area contributed by atoms with E-state index in [9.17, 15) is 9.90 Å². The molecular formula is C26H23N3O5. The van der Waals surface area contributed by atoms with Gasteiger partial charge in [0.05, 0.1) is 33.1 Å². The number of aromatic nitrogens is 2. The zero-order chi connectivity index (χ0) is 23.8. The van der Waals surface area contributed by atoms with Crippen LogP contribution in [0.5, 0.6) is 23.0 Å². The van der Waals surface area contributed by atoms with Crippen LogP contribution < -0.4 is 19.1 Å². The summed E-state index contributed by atoms with van der Waals surface area (Å²) in [6.07, 6.45) is 0. The first kappa shape index (κ1) is 21.4. The number of hydrogen-bond donors (Lipinski definition) is 2. The number of phenols is 1. The predicted octanol–water partition coefficient (Wildman–Crippen LogP) is 4.56. The summed E-state index contributed by atoms with van der Waals surface area (Å²) in [6.45, 7) is 0. The van der Waals surface area contributed by atoms with Crippen molar-refractivity contribution in [3.8, 4) is 34.3 Å². The van der Waals surface area contributed by atoms with Gasteiger partial charge in [-0.15, -0.1) is 0 Å². The second-order valence-electron chi connectivity index (χ2n) is 7.80. The number of nitrogens with zero attached hydrogens (tertiary/aromatic N) is 2. The number of hydrogen-bond acceptors (Lipinski definition) is 6. The van der Waals surface area contributed by atoms with E-state index in [2.05, 4.69) is 10.2 Å². The molecule has 0 saturated carbocycles. The van der Waals surface area contributed by atoms with Crippen LogP contribution >= 0.6 is 0 Å². The summed E-state index contributed by atoms with van der Waals surface area (Å²) in [5, 5.41) is 17.6. The lowest BCUT2D eigenvalue weighted by molar-refractivity contribution is 0.0988. The maximum Gasteiger partial charge on any atom is 0.277 e. The Morgan fingerprint density at radius 1 is 0.912 bits per heavy atom. The molecule has 34 heavy (non-hydrogen) atoms. The predicted molar refractivity (Wildman–Crippen MR) is 127 cm³/mol. The molecule has 3 aromatic carbocycles. The molecule has 0 radical (unpaired) electrons. The topological polar surface area (TPSA) is 96.9 Å². The zero-order valence-electron chi connectivity index (χ0n) is 18.9. The fourth-order valence-corrected chi connectivity index (χ4v) is 4.33. The molecule has 0 spiro atoms. The van der Waals surface area contributed by atoms with Crippen molar-refractivity contribution in [1.29, 1.82) is 0 Å². The van der Waals surface area contributed by atoms with E-state index < -0.39 is 6.04 Å². The Morgan fingerprint density at radius 2 is 1.68 bits per heavy atom. The molecule has 0 aliphatic carbocycles. The van der Waals surface area contributed by atoms with Crippen LogP contribution in [0, 0.1) is 0 Å². The minimum atomic E-state index is -0.509. The number of aromatic hydroxyl groups is 1. The zero-order valence-corrected chi connectivity index (χ0v) is 18.9. The third kappa shape index (κ3) is 3.40. The van der Waals surface area contributed by atoms with Gasteiger partial charge in [-0.3, -0.25) is 14.8 Å². The van der Waals surface area contributed by atoms with E-state index in [1.54, 1.807) is 37.3 Å². The van der Waals surface area contributed by atoms with Gasteiger partial charge in [-0.25, -0.2) is 0 Å². The van der Waals surface area contributed by atoms with E-state index >= 15 is 0 Å². The Bertz CT molecular complexity index is 1360. The molecule has 2 heterocycles. The second-order valence-corrected chi connectivity index (χ2v) is 7.80. The lowest BCUT2D eigenvalue weighted by Crippen LogP contribution is -2.29. The minimum Gasteiger partial charge on any atom is -0.504 e. The smallest absolute Gasteiger partial charge is 0.277 e. The van der Waals surface area contributed by atoms with E-state index in [0.29, 0.717) is 34.3 Å². The Kier molecular flexibility index (Phi) is 5.33. The van der Waals surface area contributed by atoms with E-state index in [-0.39, 0.29) is 11.7 Å². The number of anilines is 1. The normalized spacial score (nSPS) is 14.7. The second kappa shape index (κ2) is 8.47. The highest BCUT2D eigenvalue weighted by molar-refractivity contribution is 6.11. The fourth-order valence-electron chi connectivity index (χ4n) is 4.33. The summed E-state index contributed by atoms with van der Waals surface area (Å²) in [5.41, 5.74) is 4.08. The molecule has 0 unspecified atom stereocenters. The Hall–Kier alpha value is -4.46. The minimum absolute atomic E-state index is 0.0204. The van der Waals surface area contributed by atoms with Gasteiger partial charge >= 0.3 is 0 Å². The average molecular weight is 457 g/mol. The van der Waals surface area contributed by atoms with Crippen LogP contribution in [0.15, 0.2) is 66.7 Å². The molecule has 0 saturated heterocycles. The first-order valence-corrected chi connectivity index (χ1v) is 10.6. The number of methoxy groups -OCH3 is 3. The number of aromatic amines is 1. The van der Waals surface area contributed by atoms with Crippen LogP contribution in [0.25, 0.3) is 11.3 Å². The summed E-state index contributed by atoms with van der Waals surface area (Å²) < 4.78 is 16.0. The molecule has 1 amide bonds. The summed E-state index contributed by atoms with van der Waals surface area (Å²) in [7, 11) is 4.69. The summed E-state index contributed by atoms with van der Waals surface area (Å²) in [6, 6.07) is 19.4. The molecular weight excluding hydrogens is 434 g/mol. The van der Waals surface area contributed by atoms with Crippen LogP contribution in [0.4, 0.5) is 5.69 Å². The number of amides is 1. The summed E-state index contributed by atoms with van der Waals surface area (Å²) in [4.78, 5) is 15.3. The van der Waals surface area contributed by atoms with Gasteiger partial charge in [-0.2, -0.15) is 5.10 Å². The molecule has 1 atom stereocenters. The first-order valence-electron chi connectivity index (χ1n) is 10.6. The van der Waals surface area contributed by atoms with Crippen LogP contribution in [0.1, 0.15) is 27.7 Å². The highest BCUT2D eigenvalue weighted by Gasteiger charge is 2.43. The Labute approximate surface area is 196 Å². The molecule has 1 aliphatic heterocycles. The molecule has 0 bridgehead atoms. The van der Waals surface area contributed by atoms with Crippen molar-refractivity contribution in [2.45, 2.75) is 6.04 Å². The van der Waals surface area contributed by atoms with E-state index in [1.165, 1.54) is 7.11 Å². The Balaban J connectivity index is 1.71. The average Bonchev–Trinajstić information content (AvgIpc) is 3.43. The van der Waals surface area contributed by atoms with Crippen molar-refractivity contribution < 1.29 is 24.1 Å². The van der Waals surface area contributed by atoms with Crippen LogP contribution in [0.2, 0.25) is 0 Å². The van der Waals surface area contributed by atoms with E-state index in [4.69, 9.17) is 14.2 Å². The monoisotopic (exact) mass is 457 g/mol. The number of H-pyrrole nitrogens is 1. The number of carbonyl (C=O) groups is 1. The number of fused-ring (bicyclic) bond motifs is 1. The van der Waals surface area contributed by atoms with Gasteiger partial charge in [0, 0.05) is 16.8 Å². The van der Waals surface area contributed by atoms with Crippen LogP contribution in [-0.2, 0) is 0 Å². The van der Waals surface area contributed by atoms with Gasteiger partial charge in [-0.1, -0.05) is 18.2 Å². The van der Waals surface area contributed by atoms with Gasteiger partial charge in [0.25, 0.3) is 5.91 Å². The third-order valence-corrected chi connectivity index (χ3v) is 5.98. The lowest BCUT2D eigenvalue weighted by Gasteiger charge is -2.27.